The van der Waals surface area contributed by atoms with Gasteiger partial charge in [-0.25, -0.2) is 4.68 Å². The first kappa shape index (κ1) is 13.1. The van der Waals surface area contributed by atoms with E-state index in [9.17, 15) is 0 Å². The van der Waals surface area contributed by atoms with Gasteiger partial charge in [-0.2, -0.15) is 0 Å². The van der Waals surface area contributed by atoms with Crippen molar-refractivity contribution in [1.82, 2.24) is 15.0 Å². The largest absolute Gasteiger partial charge is 0.388 e. The monoisotopic (exact) mass is 240 g/mol. The third kappa shape index (κ3) is 2.40. The zero-order valence-electron chi connectivity index (χ0n) is 10.6. The molecular weight excluding hydrogens is 220 g/mol. The summed E-state index contributed by atoms with van der Waals surface area (Å²) >= 11 is 5.00. The molecule has 1 rings (SSSR count). The van der Waals surface area contributed by atoms with E-state index in [0.717, 1.165) is 5.69 Å². The lowest BCUT2D eigenvalue weighted by atomic mass is 10.0. The van der Waals surface area contributed by atoms with Crippen molar-refractivity contribution < 1.29 is 0 Å². The molecule has 0 saturated carbocycles. The Morgan fingerprint density at radius 3 is 2.19 bits per heavy atom. The highest BCUT2D eigenvalue weighted by atomic mass is 32.1. The van der Waals surface area contributed by atoms with E-state index in [2.05, 4.69) is 44.9 Å². The molecule has 0 spiro atoms. The second-order valence-corrected chi connectivity index (χ2v) is 5.21. The summed E-state index contributed by atoms with van der Waals surface area (Å²) in [5, 5.41) is 8.27. The van der Waals surface area contributed by atoms with Crippen LogP contribution in [0.5, 0.6) is 0 Å². The fourth-order valence-electron chi connectivity index (χ4n) is 1.60. The fraction of sp³-hybridized carbons (Fsp3) is 0.727. The van der Waals surface area contributed by atoms with Gasteiger partial charge in [0.25, 0.3) is 0 Å². The van der Waals surface area contributed by atoms with E-state index in [0.29, 0.717) is 28.6 Å². The van der Waals surface area contributed by atoms with Crippen molar-refractivity contribution in [2.24, 2.45) is 11.7 Å². The van der Waals surface area contributed by atoms with Gasteiger partial charge in [0.2, 0.25) is 0 Å². The molecule has 1 atom stereocenters. The molecule has 0 saturated heterocycles. The van der Waals surface area contributed by atoms with Crippen LogP contribution in [0.25, 0.3) is 0 Å². The van der Waals surface area contributed by atoms with Gasteiger partial charge in [0.05, 0.1) is 11.7 Å². The predicted molar refractivity (Wildman–Crippen MR) is 69.5 cm³/mol. The van der Waals surface area contributed by atoms with Crippen LogP contribution in [0.15, 0.2) is 0 Å². The molecule has 4 nitrogen and oxygen atoms in total. The molecule has 0 aliphatic rings. The van der Waals surface area contributed by atoms with Crippen LogP contribution in [0.2, 0.25) is 0 Å². The van der Waals surface area contributed by atoms with Crippen molar-refractivity contribution >= 4 is 17.2 Å². The number of nitrogens with zero attached hydrogens (tertiary/aromatic N) is 3. The number of aromatic nitrogens is 3. The normalized spacial score (nSPS) is 13.4. The smallest absolute Gasteiger partial charge is 0.143 e. The van der Waals surface area contributed by atoms with Gasteiger partial charge in [-0.1, -0.05) is 45.1 Å². The van der Waals surface area contributed by atoms with Crippen LogP contribution >= 0.6 is 12.2 Å². The Balaban J connectivity index is 3.25. The summed E-state index contributed by atoms with van der Waals surface area (Å²) in [5.74, 6) is 0.811. The molecule has 0 aromatic carbocycles. The maximum atomic E-state index is 5.66. The van der Waals surface area contributed by atoms with Gasteiger partial charge in [-0.3, -0.25) is 0 Å². The quantitative estimate of drug-likeness (QED) is 0.820. The van der Waals surface area contributed by atoms with E-state index in [1.807, 2.05) is 4.68 Å². The number of thiocarbonyl (C=S) groups is 1. The zero-order chi connectivity index (χ0) is 12.5. The molecule has 1 unspecified atom stereocenters. The standard InChI is InChI=1S/C11H20N4S/c1-6(2)8(5)15-10(7(3)4)9(11(12)16)13-14-15/h6-8H,1-5H3,(H2,12,16). The van der Waals surface area contributed by atoms with Gasteiger partial charge in [0.15, 0.2) is 0 Å². The molecule has 0 amide bonds. The van der Waals surface area contributed by atoms with E-state index >= 15 is 0 Å². The minimum absolute atomic E-state index is 0.299. The summed E-state index contributed by atoms with van der Waals surface area (Å²) in [6.45, 7) is 10.7. The minimum atomic E-state index is 0.299. The lowest BCUT2D eigenvalue weighted by Gasteiger charge is -2.20. The second kappa shape index (κ2) is 4.91. The summed E-state index contributed by atoms with van der Waals surface area (Å²) in [4.78, 5) is 0.325. The number of nitrogens with two attached hydrogens (primary N) is 1. The maximum absolute atomic E-state index is 5.66. The summed E-state index contributed by atoms with van der Waals surface area (Å²) in [7, 11) is 0. The van der Waals surface area contributed by atoms with E-state index in [1.54, 1.807) is 0 Å². The molecule has 1 heterocycles. The summed E-state index contributed by atoms with van der Waals surface area (Å²) < 4.78 is 1.95. The Hall–Kier alpha value is -0.970. The fourth-order valence-corrected chi connectivity index (χ4v) is 1.74. The molecule has 0 radical (unpaired) electrons. The van der Waals surface area contributed by atoms with E-state index in [1.165, 1.54) is 0 Å². The topological polar surface area (TPSA) is 56.7 Å². The molecule has 0 bridgehead atoms. The third-order valence-electron chi connectivity index (χ3n) is 2.86. The molecule has 2 N–H and O–H groups in total. The molecule has 1 aromatic rings. The van der Waals surface area contributed by atoms with Crippen molar-refractivity contribution in [3.05, 3.63) is 11.4 Å². The van der Waals surface area contributed by atoms with Gasteiger partial charge in [0.1, 0.15) is 10.7 Å². The van der Waals surface area contributed by atoms with Gasteiger partial charge in [-0.05, 0) is 18.8 Å². The van der Waals surface area contributed by atoms with E-state index in [4.69, 9.17) is 18.0 Å². The van der Waals surface area contributed by atoms with Gasteiger partial charge < -0.3 is 5.73 Å². The van der Waals surface area contributed by atoms with Crippen molar-refractivity contribution in [1.29, 1.82) is 0 Å². The highest BCUT2D eigenvalue weighted by molar-refractivity contribution is 7.80. The van der Waals surface area contributed by atoms with Crippen molar-refractivity contribution in [2.45, 2.75) is 46.6 Å². The Bertz CT molecular complexity index is 381. The highest BCUT2D eigenvalue weighted by Gasteiger charge is 2.22. The average molecular weight is 240 g/mol. The highest BCUT2D eigenvalue weighted by Crippen LogP contribution is 2.24. The first-order valence-corrected chi connectivity index (χ1v) is 6.02. The molecule has 1 aromatic heterocycles. The second-order valence-electron chi connectivity index (χ2n) is 4.77. The average Bonchev–Trinajstić information content (AvgIpc) is 2.60. The molecule has 5 heteroatoms. The summed E-state index contributed by atoms with van der Waals surface area (Å²) in [6.07, 6.45) is 0. The lowest BCUT2D eigenvalue weighted by molar-refractivity contribution is 0.354. The lowest BCUT2D eigenvalue weighted by Crippen LogP contribution is -2.19. The van der Waals surface area contributed by atoms with Crippen molar-refractivity contribution in [3.8, 4) is 0 Å². The summed E-state index contributed by atoms with van der Waals surface area (Å²) in [6, 6.07) is 0.299. The molecule has 0 fully saturated rings. The molecule has 0 aliphatic carbocycles. The van der Waals surface area contributed by atoms with Crippen LogP contribution in [0.4, 0.5) is 0 Å². The molecule has 16 heavy (non-hydrogen) atoms. The first-order chi connectivity index (χ1) is 7.36. The minimum Gasteiger partial charge on any atom is -0.388 e. The molecule has 90 valence electrons. The SMILES string of the molecule is CC(C)c1c(C(N)=S)nnn1C(C)C(C)C. The van der Waals surface area contributed by atoms with E-state index in [-0.39, 0.29) is 0 Å². The Morgan fingerprint density at radius 1 is 1.25 bits per heavy atom. The Labute approximate surface area is 102 Å². The van der Waals surface area contributed by atoms with Crippen LogP contribution in [-0.4, -0.2) is 20.0 Å². The molecular formula is C11H20N4S. The van der Waals surface area contributed by atoms with Gasteiger partial charge in [-0.15, -0.1) is 5.10 Å². The van der Waals surface area contributed by atoms with Crippen LogP contribution in [0, 0.1) is 5.92 Å². The Morgan fingerprint density at radius 2 is 1.81 bits per heavy atom. The van der Waals surface area contributed by atoms with Gasteiger partial charge in [0, 0.05) is 0 Å². The van der Waals surface area contributed by atoms with E-state index < -0.39 is 0 Å². The van der Waals surface area contributed by atoms with Gasteiger partial charge >= 0.3 is 0 Å². The third-order valence-corrected chi connectivity index (χ3v) is 3.05. The maximum Gasteiger partial charge on any atom is 0.143 e. The summed E-state index contributed by atoms with van der Waals surface area (Å²) in [5.41, 5.74) is 7.36. The molecule has 0 aliphatic heterocycles. The predicted octanol–water partition coefficient (Wildman–Crippen LogP) is 2.25. The van der Waals surface area contributed by atoms with Crippen LogP contribution in [-0.2, 0) is 0 Å². The van der Waals surface area contributed by atoms with Crippen molar-refractivity contribution in [2.75, 3.05) is 0 Å². The van der Waals surface area contributed by atoms with Crippen LogP contribution in [0.3, 0.4) is 0 Å². The number of hydrogen-bond donors (Lipinski definition) is 1. The number of hydrogen-bond acceptors (Lipinski definition) is 3. The number of rotatable bonds is 4. The van der Waals surface area contributed by atoms with Crippen molar-refractivity contribution in [3.63, 3.8) is 0 Å². The Kier molecular flexibility index (Phi) is 4.02. The van der Waals surface area contributed by atoms with Crippen LogP contribution in [0.1, 0.15) is 58.0 Å². The zero-order valence-corrected chi connectivity index (χ0v) is 11.4. The van der Waals surface area contributed by atoms with Crippen LogP contribution < -0.4 is 5.73 Å². The first-order valence-electron chi connectivity index (χ1n) is 5.61.